The molecule has 0 aliphatic rings. The summed E-state index contributed by atoms with van der Waals surface area (Å²) in [5, 5.41) is 0.0821. The van der Waals surface area contributed by atoms with Crippen molar-refractivity contribution in [1.82, 2.24) is 0 Å². The maximum atomic E-state index is 13.5. The first kappa shape index (κ1) is 14.9. The Balaban J connectivity index is 2.33. The van der Waals surface area contributed by atoms with Crippen molar-refractivity contribution in [2.45, 2.75) is 25.3 Å². The van der Waals surface area contributed by atoms with Crippen molar-refractivity contribution in [2.24, 2.45) is 5.73 Å². The lowest BCUT2D eigenvalue weighted by atomic mass is 9.82. The van der Waals surface area contributed by atoms with Crippen LogP contribution in [0.15, 0.2) is 42.5 Å². The summed E-state index contributed by atoms with van der Waals surface area (Å²) in [7, 11) is 0. The van der Waals surface area contributed by atoms with Gasteiger partial charge in [0.25, 0.3) is 0 Å². The van der Waals surface area contributed by atoms with Gasteiger partial charge in [0.1, 0.15) is 11.6 Å². The second-order valence-electron chi connectivity index (χ2n) is 4.95. The third-order valence-corrected chi connectivity index (χ3v) is 3.84. The zero-order valence-corrected chi connectivity index (χ0v) is 11.9. The van der Waals surface area contributed by atoms with E-state index >= 15 is 0 Å². The van der Waals surface area contributed by atoms with Gasteiger partial charge in [-0.2, -0.15) is 0 Å². The molecule has 0 radical (unpaired) electrons. The van der Waals surface area contributed by atoms with Crippen molar-refractivity contribution in [3.05, 3.63) is 70.2 Å². The highest BCUT2D eigenvalue weighted by molar-refractivity contribution is 6.30. The standard InChI is InChI=1S/C16H16ClF2N/c1-2-16(20,12-4-3-5-13(18)9-12)10-11-6-7-14(17)15(19)8-11/h3-9H,2,10,20H2,1H3. The van der Waals surface area contributed by atoms with E-state index in [0.29, 0.717) is 18.4 Å². The van der Waals surface area contributed by atoms with Crippen molar-refractivity contribution in [2.75, 3.05) is 0 Å². The van der Waals surface area contributed by atoms with Gasteiger partial charge in [-0.1, -0.05) is 36.7 Å². The van der Waals surface area contributed by atoms with E-state index in [2.05, 4.69) is 0 Å². The van der Waals surface area contributed by atoms with Crippen LogP contribution in [0.1, 0.15) is 24.5 Å². The molecule has 2 N–H and O–H groups in total. The van der Waals surface area contributed by atoms with Crippen LogP contribution in [0.4, 0.5) is 8.78 Å². The van der Waals surface area contributed by atoms with Gasteiger partial charge < -0.3 is 5.73 Å². The maximum absolute atomic E-state index is 13.5. The molecule has 0 heterocycles. The third-order valence-electron chi connectivity index (χ3n) is 3.53. The number of halogens is 3. The lowest BCUT2D eigenvalue weighted by molar-refractivity contribution is 0.421. The van der Waals surface area contributed by atoms with Gasteiger partial charge in [0.05, 0.1) is 5.02 Å². The Morgan fingerprint density at radius 1 is 1.15 bits per heavy atom. The Morgan fingerprint density at radius 2 is 1.90 bits per heavy atom. The van der Waals surface area contributed by atoms with E-state index < -0.39 is 11.4 Å². The van der Waals surface area contributed by atoms with Crippen molar-refractivity contribution in [1.29, 1.82) is 0 Å². The van der Waals surface area contributed by atoms with Crippen molar-refractivity contribution in [3.63, 3.8) is 0 Å². The van der Waals surface area contributed by atoms with Crippen LogP contribution in [-0.4, -0.2) is 0 Å². The molecule has 4 heteroatoms. The van der Waals surface area contributed by atoms with Crippen LogP contribution in [0.25, 0.3) is 0 Å². The van der Waals surface area contributed by atoms with Crippen LogP contribution in [-0.2, 0) is 12.0 Å². The SMILES string of the molecule is CCC(N)(Cc1ccc(Cl)c(F)c1)c1cccc(F)c1. The molecule has 2 aromatic rings. The molecule has 0 aliphatic heterocycles. The molecule has 1 unspecified atom stereocenters. The Morgan fingerprint density at radius 3 is 2.50 bits per heavy atom. The molecule has 1 nitrogen and oxygen atoms in total. The molecule has 2 rings (SSSR count). The number of hydrogen-bond acceptors (Lipinski definition) is 1. The summed E-state index contributed by atoms with van der Waals surface area (Å²) in [6.07, 6.45) is 1.03. The Labute approximate surface area is 122 Å². The fraction of sp³-hybridized carbons (Fsp3) is 0.250. The average Bonchev–Trinajstić information content (AvgIpc) is 2.43. The van der Waals surface area contributed by atoms with Gasteiger partial charge in [-0.15, -0.1) is 0 Å². The van der Waals surface area contributed by atoms with E-state index in [1.807, 2.05) is 6.92 Å². The van der Waals surface area contributed by atoms with E-state index in [-0.39, 0.29) is 10.8 Å². The smallest absolute Gasteiger partial charge is 0.142 e. The minimum absolute atomic E-state index is 0.0821. The average molecular weight is 296 g/mol. The lowest BCUT2D eigenvalue weighted by Gasteiger charge is -2.29. The first-order valence-electron chi connectivity index (χ1n) is 6.43. The van der Waals surface area contributed by atoms with Crippen molar-refractivity contribution < 1.29 is 8.78 Å². The summed E-state index contributed by atoms with van der Waals surface area (Å²) in [5.41, 5.74) is 7.09. The van der Waals surface area contributed by atoms with E-state index in [1.165, 1.54) is 24.3 Å². The Hall–Kier alpha value is -1.45. The van der Waals surface area contributed by atoms with Gasteiger partial charge in [0.2, 0.25) is 0 Å². The molecule has 0 saturated heterocycles. The van der Waals surface area contributed by atoms with Gasteiger partial charge in [0.15, 0.2) is 0 Å². The fourth-order valence-electron chi connectivity index (χ4n) is 2.24. The molecule has 0 saturated carbocycles. The number of rotatable bonds is 4. The Kier molecular flexibility index (Phi) is 4.41. The second-order valence-corrected chi connectivity index (χ2v) is 5.35. The number of nitrogens with two attached hydrogens (primary N) is 1. The predicted octanol–water partition coefficient (Wildman–Crippen LogP) is 4.42. The molecular formula is C16H16ClF2N. The van der Waals surface area contributed by atoms with Gasteiger partial charge in [0, 0.05) is 5.54 Å². The number of benzene rings is 2. The summed E-state index contributed by atoms with van der Waals surface area (Å²) >= 11 is 5.67. The summed E-state index contributed by atoms with van der Waals surface area (Å²) in [5.74, 6) is -0.796. The predicted molar refractivity (Wildman–Crippen MR) is 77.7 cm³/mol. The maximum Gasteiger partial charge on any atom is 0.142 e. The van der Waals surface area contributed by atoms with Gasteiger partial charge >= 0.3 is 0 Å². The van der Waals surface area contributed by atoms with E-state index in [4.69, 9.17) is 17.3 Å². The summed E-state index contributed by atoms with van der Waals surface area (Å²) in [4.78, 5) is 0. The summed E-state index contributed by atoms with van der Waals surface area (Å²) < 4.78 is 26.8. The van der Waals surface area contributed by atoms with Crippen LogP contribution in [0, 0.1) is 11.6 Å². The van der Waals surface area contributed by atoms with Crippen molar-refractivity contribution in [3.8, 4) is 0 Å². The summed E-state index contributed by atoms with van der Waals surface area (Å²) in [6.45, 7) is 1.93. The third kappa shape index (κ3) is 3.17. The highest BCUT2D eigenvalue weighted by atomic mass is 35.5. The van der Waals surface area contributed by atoms with Gasteiger partial charge in [-0.05, 0) is 48.2 Å². The molecule has 20 heavy (non-hydrogen) atoms. The van der Waals surface area contributed by atoms with E-state index in [1.54, 1.807) is 18.2 Å². The van der Waals surface area contributed by atoms with Crippen LogP contribution in [0.2, 0.25) is 5.02 Å². The fourth-order valence-corrected chi connectivity index (χ4v) is 2.36. The minimum Gasteiger partial charge on any atom is -0.321 e. The quantitative estimate of drug-likeness (QED) is 0.887. The first-order chi connectivity index (χ1) is 9.44. The first-order valence-corrected chi connectivity index (χ1v) is 6.81. The molecule has 1 atom stereocenters. The zero-order valence-electron chi connectivity index (χ0n) is 11.2. The van der Waals surface area contributed by atoms with Gasteiger partial charge in [-0.25, -0.2) is 8.78 Å². The van der Waals surface area contributed by atoms with E-state index in [9.17, 15) is 8.78 Å². The molecule has 0 aromatic heterocycles. The molecule has 0 amide bonds. The normalized spacial score (nSPS) is 14.1. The molecule has 2 aromatic carbocycles. The molecule has 0 bridgehead atoms. The van der Waals surface area contributed by atoms with E-state index in [0.717, 1.165) is 5.56 Å². The minimum atomic E-state index is -0.734. The monoisotopic (exact) mass is 295 g/mol. The number of hydrogen-bond donors (Lipinski definition) is 1. The molecular weight excluding hydrogens is 280 g/mol. The molecule has 0 fully saturated rings. The van der Waals surface area contributed by atoms with Crippen LogP contribution in [0.5, 0.6) is 0 Å². The van der Waals surface area contributed by atoms with Crippen molar-refractivity contribution >= 4 is 11.6 Å². The largest absolute Gasteiger partial charge is 0.321 e. The molecule has 0 aliphatic carbocycles. The van der Waals surface area contributed by atoms with Crippen LogP contribution < -0.4 is 5.73 Å². The highest BCUT2D eigenvalue weighted by Gasteiger charge is 2.26. The Bertz CT molecular complexity index is 615. The summed E-state index contributed by atoms with van der Waals surface area (Å²) in [6, 6.07) is 10.8. The second kappa shape index (κ2) is 5.90. The van der Waals surface area contributed by atoms with Gasteiger partial charge in [-0.3, -0.25) is 0 Å². The highest BCUT2D eigenvalue weighted by Crippen LogP contribution is 2.28. The van der Waals surface area contributed by atoms with Crippen LogP contribution >= 0.6 is 11.6 Å². The topological polar surface area (TPSA) is 26.0 Å². The molecule has 0 spiro atoms. The lowest BCUT2D eigenvalue weighted by Crippen LogP contribution is -2.38. The van der Waals surface area contributed by atoms with Crippen LogP contribution in [0.3, 0.4) is 0 Å². The molecule has 106 valence electrons. The zero-order chi connectivity index (χ0) is 14.8.